The van der Waals surface area contributed by atoms with Crippen LogP contribution in [0.2, 0.25) is 0 Å². The van der Waals surface area contributed by atoms with E-state index < -0.39 is 35.8 Å². The van der Waals surface area contributed by atoms with Crippen molar-refractivity contribution < 1.29 is 58.9 Å². The summed E-state index contributed by atoms with van der Waals surface area (Å²) in [5.74, 6) is -32.4. The molecule has 1 unspecified atom stereocenters. The van der Waals surface area contributed by atoms with Gasteiger partial charge in [0, 0.05) is 0 Å². The fourth-order valence-electron chi connectivity index (χ4n) is 0.725. The highest BCUT2D eigenvalue weighted by Crippen LogP contribution is 2.55. The van der Waals surface area contributed by atoms with Crippen molar-refractivity contribution in [3.63, 3.8) is 0 Å². The number of carbonyl (C=O) groups is 1. The van der Waals surface area contributed by atoms with Crippen LogP contribution in [0.15, 0.2) is 0 Å². The van der Waals surface area contributed by atoms with Gasteiger partial charge in [-0.2, -0.15) is 43.9 Å². The maximum Gasteiger partial charge on any atom is 0.460 e. The van der Waals surface area contributed by atoms with Crippen LogP contribution >= 0.6 is 0 Å². The normalized spacial score (nSPS) is 18.1. The number of carboxylic acids is 1. The van der Waals surface area contributed by atoms with E-state index in [9.17, 15) is 48.7 Å². The lowest BCUT2D eigenvalue weighted by atomic mass is 9.97. The third-order valence-corrected chi connectivity index (χ3v) is 1.85. The Labute approximate surface area is 96.0 Å². The van der Waals surface area contributed by atoms with Crippen molar-refractivity contribution in [3.05, 3.63) is 0 Å². The molecule has 0 bridgehead atoms. The molecule has 0 amide bonds. The molecule has 13 heteroatoms. The average molecular weight is 312 g/mol. The Balaban J connectivity index is 5.99. The minimum absolute atomic E-state index is 3.87. The number of rotatable bonds is 4. The van der Waals surface area contributed by atoms with E-state index in [1.54, 1.807) is 0 Å². The van der Waals surface area contributed by atoms with E-state index in [1.165, 1.54) is 0 Å². The van der Waals surface area contributed by atoms with E-state index >= 15 is 0 Å². The fourth-order valence-corrected chi connectivity index (χ4v) is 0.725. The Hall–Kier alpha value is -1.27. The zero-order chi connectivity index (χ0) is 16.1. The molecular weight excluding hydrogens is 310 g/mol. The zero-order valence-corrected chi connectivity index (χ0v) is 8.08. The standard InChI is InChI=1S/C6H2F10O3/c7-2(8,1(17)18)5(13,19)3(9,10)4(11,12)6(14,15)16/h19H,(H,17,18). The molecule has 3 nitrogen and oxygen atoms in total. The molecule has 0 rings (SSSR count). The topological polar surface area (TPSA) is 57.5 Å². The van der Waals surface area contributed by atoms with Gasteiger partial charge >= 0.3 is 35.8 Å². The maximum atomic E-state index is 12.6. The van der Waals surface area contributed by atoms with E-state index in [2.05, 4.69) is 0 Å². The highest BCUT2D eigenvalue weighted by molar-refractivity contribution is 5.77. The summed E-state index contributed by atoms with van der Waals surface area (Å²) in [4.78, 5) is 9.68. The Morgan fingerprint density at radius 1 is 0.737 bits per heavy atom. The third kappa shape index (κ3) is 2.19. The first kappa shape index (κ1) is 17.7. The van der Waals surface area contributed by atoms with Crippen molar-refractivity contribution in [2.75, 3.05) is 0 Å². The summed E-state index contributed by atoms with van der Waals surface area (Å²) in [6.07, 6.45) is -7.22. The molecule has 0 fully saturated rings. The molecule has 1 atom stereocenters. The highest BCUT2D eigenvalue weighted by Gasteiger charge is 2.87. The third-order valence-electron chi connectivity index (χ3n) is 1.85. The number of halogens is 10. The second-order valence-electron chi connectivity index (χ2n) is 3.15. The van der Waals surface area contributed by atoms with Crippen LogP contribution in [0, 0.1) is 0 Å². The van der Waals surface area contributed by atoms with E-state index in [1.807, 2.05) is 0 Å². The SMILES string of the molecule is O=C(O)C(F)(F)C(O)(F)C(F)(F)C(F)(F)C(F)(F)F. The van der Waals surface area contributed by atoms with Gasteiger partial charge in [-0.15, -0.1) is 0 Å². The van der Waals surface area contributed by atoms with E-state index in [0.717, 1.165) is 0 Å². The molecule has 0 saturated heterocycles. The van der Waals surface area contributed by atoms with E-state index in [0.29, 0.717) is 0 Å². The van der Waals surface area contributed by atoms with Crippen LogP contribution in [0.1, 0.15) is 0 Å². The minimum atomic E-state index is -7.46. The monoisotopic (exact) mass is 312 g/mol. The second kappa shape index (κ2) is 4.11. The molecule has 0 aromatic heterocycles. The lowest BCUT2D eigenvalue weighted by Gasteiger charge is -2.37. The number of hydrogen-bond donors (Lipinski definition) is 2. The van der Waals surface area contributed by atoms with Crippen LogP contribution in [0.4, 0.5) is 43.9 Å². The van der Waals surface area contributed by atoms with E-state index in [-0.39, 0.29) is 0 Å². The summed E-state index contributed by atoms with van der Waals surface area (Å²) in [5, 5.41) is 15.5. The number of hydrogen-bond acceptors (Lipinski definition) is 2. The van der Waals surface area contributed by atoms with Crippen molar-refractivity contribution in [2.45, 2.75) is 29.8 Å². The summed E-state index contributed by atoms with van der Waals surface area (Å²) in [5.41, 5.74) is 0. The molecular formula is C6H2F10O3. The molecule has 0 aromatic carbocycles. The van der Waals surface area contributed by atoms with Crippen molar-refractivity contribution in [2.24, 2.45) is 0 Å². The Morgan fingerprint density at radius 3 is 1.26 bits per heavy atom. The van der Waals surface area contributed by atoms with Gasteiger partial charge in [0.15, 0.2) is 0 Å². The number of aliphatic hydroxyl groups is 1. The van der Waals surface area contributed by atoms with Crippen molar-refractivity contribution in [3.8, 4) is 0 Å². The number of alkyl halides is 10. The molecule has 0 aliphatic heterocycles. The zero-order valence-electron chi connectivity index (χ0n) is 8.08. The van der Waals surface area contributed by atoms with Crippen LogP contribution in [0.3, 0.4) is 0 Å². The van der Waals surface area contributed by atoms with Crippen molar-refractivity contribution in [1.29, 1.82) is 0 Å². The molecule has 0 aromatic rings. The molecule has 0 spiro atoms. The summed E-state index contributed by atoms with van der Waals surface area (Å²) < 4.78 is 121. The second-order valence-corrected chi connectivity index (χ2v) is 3.15. The molecule has 2 N–H and O–H groups in total. The smallest absolute Gasteiger partial charge is 0.460 e. The van der Waals surface area contributed by atoms with Crippen molar-refractivity contribution in [1.82, 2.24) is 0 Å². The molecule has 0 heterocycles. The number of aliphatic carboxylic acids is 1. The molecule has 0 aliphatic carbocycles. The van der Waals surface area contributed by atoms with Crippen LogP contribution < -0.4 is 0 Å². The Bertz CT molecular complexity index is 370. The van der Waals surface area contributed by atoms with Crippen molar-refractivity contribution >= 4 is 5.97 Å². The summed E-state index contributed by atoms with van der Waals surface area (Å²) in [6.45, 7) is 0. The minimum Gasteiger partial charge on any atom is -0.477 e. The predicted octanol–water partition coefficient (Wildman–Crippen LogP) is 2.20. The average Bonchev–Trinajstić information content (AvgIpc) is 2.14. The van der Waals surface area contributed by atoms with Gasteiger partial charge in [0.1, 0.15) is 0 Å². The lowest BCUT2D eigenvalue weighted by molar-refractivity contribution is -0.433. The summed E-state index contributed by atoms with van der Waals surface area (Å²) in [6, 6.07) is 0. The van der Waals surface area contributed by atoms with Gasteiger partial charge in [-0.1, -0.05) is 0 Å². The Morgan fingerprint density at radius 2 is 1.05 bits per heavy atom. The molecule has 0 aliphatic rings. The van der Waals surface area contributed by atoms with E-state index in [4.69, 9.17) is 10.2 Å². The van der Waals surface area contributed by atoms with Gasteiger partial charge in [0.05, 0.1) is 0 Å². The van der Waals surface area contributed by atoms with Gasteiger partial charge in [-0.05, 0) is 0 Å². The summed E-state index contributed by atoms with van der Waals surface area (Å²) >= 11 is 0. The Kier molecular flexibility index (Phi) is 3.84. The van der Waals surface area contributed by atoms with Crippen LogP contribution in [-0.4, -0.2) is 46.0 Å². The molecule has 0 saturated carbocycles. The van der Waals surface area contributed by atoms with Gasteiger partial charge in [-0.25, -0.2) is 4.79 Å². The first-order valence-corrected chi connectivity index (χ1v) is 3.79. The number of carboxylic acid groups (broad SMARTS) is 1. The summed E-state index contributed by atoms with van der Waals surface area (Å²) in [7, 11) is 0. The van der Waals surface area contributed by atoms with Crippen LogP contribution in [-0.2, 0) is 4.79 Å². The van der Waals surface area contributed by atoms with Gasteiger partial charge in [-0.3, -0.25) is 0 Å². The first-order valence-electron chi connectivity index (χ1n) is 3.79. The maximum absolute atomic E-state index is 12.6. The molecule has 19 heavy (non-hydrogen) atoms. The van der Waals surface area contributed by atoms with Gasteiger partial charge in [0.2, 0.25) is 0 Å². The fraction of sp³-hybridized carbons (Fsp3) is 0.833. The van der Waals surface area contributed by atoms with Gasteiger partial charge in [0.25, 0.3) is 0 Å². The highest BCUT2D eigenvalue weighted by atomic mass is 19.4. The van der Waals surface area contributed by atoms with Crippen LogP contribution in [0.5, 0.6) is 0 Å². The first-order chi connectivity index (χ1) is 7.94. The predicted molar refractivity (Wildman–Crippen MR) is 34.6 cm³/mol. The van der Waals surface area contributed by atoms with Gasteiger partial charge < -0.3 is 10.2 Å². The quantitative estimate of drug-likeness (QED) is 0.783. The molecule has 114 valence electrons. The molecule has 0 radical (unpaired) electrons. The largest absolute Gasteiger partial charge is 0.477 e. The van der Waals surface area contributed by atoms with Crippen LogP contribution in [0.25, 0.3) is 0 Å². The lowest BCUT2D eigenvalue weighted by Crippen LogP contribution is -2.70.